The number of nitrogens with zero attached hydrogens (tertiary/aromatic N) is 1. The van der Waals surface area contributed by atoms with Crippen molar-refractivity contribution >= 4 is 11.6 Å². The van der Waals surface area contributed by atoms with E-state index in [2.05, 4.69) is 10.3 Å². The lowest BCUT2D eigenvalue weighted by Crippen LogP contribution is -2.21. The van der Waals surface area contributed by atoms with E-state index in [1.807, 2.05) is 0 Å². The van der Waals surface area contributed by atoms with Crippen LogP contribution in [0.15, 0.2) is 30.4 Å². The third kappa shape index (κ3) is 2.47. The van der Waals surface area contributed by atoms with E-state index in [9.17, 15) is 9.18 Å². The Labute approximate surface area is 90.9 Å². The molecule has 0 fully saturated rings. The SMILES string of the molecule is O=C(Nc1ccc(F)nc1)C1=COCCO1. The van der Waals surface area contributed by atoms with E-state index in [1.54, 1.807) is 0 Å². The maximum atomic E-state index is 12.5. The number of rotatable bonds is 2. The highest BCUT2D eigenvalue weighted by molar-refractivity contribution is 6.01. The number of anilines is 1. The average molecular weight is 224 g/mol. The molecule has 6 heteroatoms. The molecule has 1 aliphatic heterocycles. The van der Waals surface area contributed by atoms with E-state index in [4.69, 9.17) is 9.47 Å². The van der Waals surface area contributed by atoms with Crippen LogP contribution in [0.5, 0.6) is 0 Å². The largest absolute Gasteiger partial charge is 0.494 e. The third-order valence-corrected chi connectivity index (χ3v) is 1.86. The Kier molecular flexibility index (Phi) is 3.00. The molecule has 5 nitrogen and oxygen atoms in total. The molecular formula is C10H9FN2O3. The maximum Gasteiger partial charge on any atom is 0.294 e. The number of ether oxygens (including phenoxy) is 2. The van der Waals surface area contributed by atoms with E-state index < -0.39 is 11.9 Å². The molecule has 0 radical (unpaired) electrons. The fraction of sp³-hybridized carbons (Fsp3) is 0.200. The lowest BCUT2D eigenvalue weighted by molar-refractivity contribution is -0.117. The van der Waals surface area contributed by atoms with Crippen LogP contribution < -0.4 is 5.32 Å². The molecule has 1 N–H and O–H groups in total. The Morgan fingerprint density at radius 1 is 1.44 bits per heavy atom. The summed E-state index contributed by atoms with van der Waals surface area (Å²) in [5, 5.41) is 2.50. The van der Waals surface area contributed by atoms with Crippen LogP contribution in [0.1, 0.15) is 0 Å². The highest BCUT2D eigenvalue weighted by Gasteiger charge is 2.14. The number of halogens is 1. The molecule has 0 aromatic carbocycles. The van der Waals surface area contributed by atoms with Crippen LogP contribution in [0, 0.1) is 5.95 Å². The number of hydrogen-bond acceptors (Lipinski definition) is 4. The van der Waals surface area contributed by atoms with Crippen molar-refractivity contribution < 1.29 is 18.7 Å². The molecule has 1 amide bonds. The number of carbonyl (C=O) groups is 1. The first-order chi connectivity index (χ1) is 7.75. The van der Waals surface area contributed by atoms with Crippen molar-refractivity contribution in [3.63, 3.8) is 0 Å². The van der Waals surface area contributed by atoms with Gasteiger partial charge in [-0.2, -0.15) is 4.39 Å². The van der Waals surface area contributed by atoms with E-state index in [0.717, 1.165) is 6.07 Å². The lowest BCUT2D eigenvalue weighted by atomic mass is 10.4. The minimum Gasteiger partial charge on any atom is -0.494 e. The number of carbonyl (C=O) groups excluding carboxylic acids is 1. The Hall–Kier alpha value is -2.11. The summed E-state index contributed by atoms with van der Waals surface area (Å²) in [4.78, 5) is 15.0. The van der Waals surface area contributed by atoms with Crippen LogP contribution in [-0.4, -0.2) is 24.1 Å². The molecule has 0 atom stereocenters. The number of amides is 1. The van der Waals surface area contributed by atoms with Gasteiger partial charge in [-0.05, 0) is 12.1 Å². The predicted octanol–water partition coefficient (Wildman–Crippen LogP) is 1.05. The van der Waals surface area contributed by atoms with Crippen LogP contribution in [0.3, 0.4) is 0 Å². The Balaban J connectivity index is 2.01. The second-order valence-corrected chi connectivity index (χ2v) is 3.03. The van der Waals surface area contributed by atoms with Gasteiger partial charge in [0.05, 0.1) is 11.9 Å². The zero-order chi connectivity index (χ0) is 11.4. The highest BCUT2D eigenvalue weighted by Crippen LogP contribution is 2.10. The van der Waals surface area contributed by atoms with E-state index in [0.29, 0.717) is 18.9 Å². The van der Waals surface area contributed by atoms with Gasteiger partial charge in [0, 0.05) is 0 Å². The molecular weight excluding hydrogens is 215 g/mol. The molecule has 1 aromatic heterocycles. The lowest BCUT2D eigenvalue weighted by Gasteiger charge is -2.14. The van der Waals surface area contributed by atoms with Gasteiger partial charge in [0.15, 0.2) is 0 Å². The van der Waals surface area contributed by atoms with Gasteiger partial charge >= 0.3 is 0 Å². The topological polar surface area (TPSA) is 60.5 Å². The van der Waals surface area contributed by atoms with Gasteiger partial charge in [0.1, 0.15) is 19.5 Å². The molecule has 0 saturated carbocycles. The summed E-state index contributed by atoms with van der Waals surface area (Å²) in [6.45, 7) is 0.760. The second kappa shape index (κ2) is 4.61. The third-order valence-electron chi connectivity index (χ3n) is 1.86. The fourth-order valence-corrected chi connectivity index (χ4v) is 1.13. The van der Waals surface area contributed by atoms with Gasteiger partial charge in [-0.3, -0.25) is 4.79 Å². The van der Waals surface area contributed by atoms with Crippen LogP contribution in [0.2, 0.25) is 0 Å². The van der Waals surface area contributed by atoms with E-state index in [1.165, 1.54) is 18.5 Å². The number of nitrogens with one attached hydrogen (secondary N) is 1. The smallest absolute Gasteiger partial charge is 0.294 e. The molecule has 0 saturated heterocycles. The van der Waals surface area contributed by atoms with Gasteiger partial charge in [-0.25, -0.2) is 4.98 Å². The molecule has 0 unspecified atom stereocenters. The second-order valence-electron chi connectivity index (χ2n) is 3.03. The highest BCUT2D eigenvalue weighted by atomic mass is 19.1. The molecule has 0 aliphatic carbocycles. The number of hydrogen-bond donors (Lipinski definition) is 1. The summed E-state index contributed by atoms with van der Waals surface area (Å²) in [6.07, 6.45) is 2.47. The van der Waals surface area contributed by atoms with Crippen molar-refractivity contribution in [3.05, 3.63) is 36.3 Å². The first-order valence-electron chi connectivity index (χ1n) is 4.63. The van der Waals surface area contributed by atoms with Crippen LogP contribution in [0.4, 0.5) is 10.1 Å². The molecule has 1 aliphatic rings. The van der Waals surface area contributed by atoms with E-state index in [-0.39, 0.29) is 5.76 Å². The zero-order valence-corrected chi connectivity index (χ0v) is 8.27. The first-order valence-corrected chi connectivity index (χ1v) is 4.63. The number of aromatic nitrogens is 1. The molecule has 0 bridgehead atoms. The predicted molar refractivity (Wildman–Crippen MR) is 52.8 cm³/mol. The van der Waals surface area contributed by atoms with Gasteiger partial charge in [0.2, 0.25) is 11.7 Å². The normalized spacial score (nSPS) is 14.4. The fourth-order valence-electron chi connectivity index (χ4n) is 1.13. The van der Waals surface area contributed by atoms with Crippen LogP contribution in [-0.2, 0) is 14.3 Å². The van der Waals surface area contributed by atoms with Gasteiger partial charge in [-0.1, -0.05) is 0 Å². The molecule has 2 heterocycles. The molecule has 2 rings (SSSR count). The summed E-state index contributed by atoms with van der Waals surface area (Å²) in [5.41, 5.74) is 0.390. The van der Waals surface area contributed by atoms with Gasteiger partial charge in [0.25, 0.3) is 5.91 Å². The molecule has 1 aromatic rings. The van der Waals surface area contributed by atoms with Crippen molar-refractivity contribution in [3.8, 4) is 0 Å². The summed E-state index contributed by atoms with van der Waals surface area (Å²) in [6, 6.07) is 2.56. The van der Waals surface area contributed by atoms with Crippen molar-refractivity contribution in [1.82, 2.24) is 4.98 Å². The van der Waals surface area contributed by atoms with Crippen molar-refractivity contribution in [2.45, 2.75) is 0 Å². The van der Waals surface area contributed by atoms with Crippen LogP contribution >= 0.6 is 0 Å². The van der Waals surface area contributed by atoms with Crippen LogP contribution in [0.25, 0.3) is 0 Å². The molecule has 0 spiro atoms. The average Bonchev–Trinajstić information content (AvgIpc) is 2.33. The van der Waals surface area contributed by atoms with Gasteiger partial charge < -0.3 is 14.8 Å². The van der Waals surface area contributed by atoms with E-state index >= 15 is 0 Å². The van der Waals surface area contributed by atoms with Crippen molar-refractivity contribution in [1.29, 1.82) is 0 Å². The summed E-state index contributed by atoms with van der Waals surface area (Å²) < 4.78 is 22.5. The summed E-state index contributed by atoms with van der Waals surface area (Å²) in [5.74, 6) is -0.960. The first kappa shape index (κ1) is 10.4. The monoisotopic (exact) mass is 224 g/mol. The maximum absolute atomic E-state index is 12.5. The Bertz CT molecular complexity index is 417. The molecule has 84 valence electrons. The summed E-state index contributed by atoms with van der Waals surface area (Å²) >= 11 is 0. The summed E-state index contributed by atoms with van der Waals surface area (Å²) in [7, 11) is 0. The minimum atomic E-state index is -0.602. The standard InChI is InChI=1S/C10H9FN2O3/c11-9-2-1-7(5-12-9)13-10(14)8-6-15-3-4-16-8/h1-2,5-6H,3-4H2,(H,13,14). The van der Waals surface area contributed by atoms with Crippen molar-refractivity contribution in [2.24, 2.45) is 0 Å². The van der Waals surface area contributed by atoms with Gasteiger partial charge in [-0.15, -0.1) is 0 Å². The number of pyridine rings is 1. The zero-order valence-electron chi connectivity index (χ0n) is 8.27. The molecule has 16 heavy (non-hydrogen) atoms. The Morgan fingerprint density at radius 3 is 2.94 bits per heavy atom. The Morgan fingerprint density at radius 2 is 2.31 bits per heavy atom. The minimum absolute atomic E-state index is 0.0931. The quantitative estimate of drug-likeness (QED) is 0.763. The van der Waals surface area contributed by atoms with Crippen molar-refractivity contribution in [2.75, 3.05) is 18.5 Å².